The first kappa shape index (κ1) is 13.7. The van der Waals surface area contributed by atoms with Crippen molar-refractivity contribution in [1.82, 2.24) is 15.3 Å². The number of carbonyl (C=O) groups excluding carboxylic acids is 1. The van der Waals surface area contributed by atoms with Crippen molar-refractivity contribution in [2.45, 2.75) is 26.8 Å². The molecule has 1 N–H and O–H groups in total. The number of nitrogens with zero attached hydrogens (tertiary/aromatic N) is 3. The Balaban J connectivity index is 2.19. The summed E-state index contributed by atoms with van der Waals surface area (Å²) < 4.78 is 4.97. The summed E-state index contributed by atoms with van der Waals surface area (Å²) in [4.78, 5) is 22.6. The molecule has 6 nitrogen and oxygen atoms in total. The monoisotopic (exact) mass is 264 g/mol. The van der Waals surface area contributed by atoms with Crippen LogP contribution in [0.1, 0.15) is 29.9 Å². The molecule has 2 rings (SSSR count). The molecule has 0 aliphatic carbocycles. The Labute approximate surface area is 113 Å². The van der Waals surface area contributed by atoms with E-state index in [-0.39, 0.29) is 5.97 Å². The highest BCUT2D eigenvalue weighted by Crippen LogP contribution is 2.16. The van der Waals surface area contributed by atoms with Gasteiger partial charge in [-0.25, -0.2) is 14.8 Å². The van der Waals surface area contributed by atoms with Gasteiger partial charge in [0.2, 0.25) is 5.95 Å². The van der Waals surface area contributed by atoms with Crippen LogP contribution < -0.4 is 10.2 Å². The van der Waals surface area contributed by atoms with Crippen LogP contribution in [0.2, 0.25) is 0 Å². The van der Waals surface area contributed by atoms with Gasteiger partial charge >= 0.3 is 5.97 Å². The number of likely N-dealkylation sites (N-methyl/N-ethyl adjacent to an activating group) is 1. The zero-order valence-electron chi connectivity index (χ0n) is 11.6. The Morgan fingerprint density at radius 2 is 2.26 bits per heavy atom. The van der Waals surface area contributed by atoms with E-state index < -0.39 is 0 Å². The fraction of sp³-hybridized carbons (Fsp3) is 0.615. The van der Waals surface area contributed by atoms with Crippen molar-refractivity contribution in [3.8, 4) is 0 Å². The van der Waals surface area contributed by atoms with E-state index in [1.807, 2.05) is 6.92 Å². The van der Waals surface area contributed by atoms with Gasteiger partial charge in [0, 0.05) is 25.8 Å². The summed E-state index contributed by atoms with van der Waals surface area (Å²) in [6.07, 6.45) is 1.56. The molecule has 0 saturated carbocycles. The van der Waals surface area contributed by atoms with Gasteiger partial charge in [0.1, 0.15) is 0 Å². The normalized spacial score (nSPS) is 14.9. The topological polar surface area (TPSA) is 67.3 Å². The van der Waals surface area contributed by atoms with Crippen molar-refractivity contribution < 1.29 is 9.53 Å². The van der Waals surface area contributed by atoms with Gasteiger partial charge in [-0.05, 0) is 20.8 Å². The van der Waals surface area contributed by atoms with Crippen molar-refractivity contribution >= 4 is 11.9 Å². The minimum Gasteiger partial charge on any atom is -0.462 e. The first-order valence-corrected chi connectivity index (χ1v) is 6.65. The third-order valence-electron chi connectivity index (χ3n) is 3.26. The van der Waals surface area contributed by atoms with E-state index in [1.165, 1.54) is 0 Å². The Bertz CT molecular complexity index is 460. The summed E-state index contributed by atoms with van der Waals surface area (Å²) >= 11 is 0. The first-order chi connectivity index (χ1) is 9.17. The van der Waals surface area contributed by atoms with Crippen LogP contribution in [0.5, 0.6) is 0 Å². The maximum absolute atomic E-state index is 11.7. The van der Waals surface area contributed by atoms with Crippen LogP contribution in [0.4, 0.5) is 5.95 Å². The van der Waals surface area contributed by atoms with Crippen molar-refractivity contribution in [3.63, 3.8) is 0 Å². The number of nitrogens with one attached hydrogen (secondary N) is 1. The molecule has 6 heteroatoms. The van der Waals surface area contributed by atoms with Gasteiger partial charge in [0.05, 0.1) is 23.9 Å². The standard InChI is InChI=1S/C13H20N4O2/c1-4-17(10-6-14-7-10)13-15-8-11(9(3)16-13)12(18)19-5-2/h8,10,14H,4-7H2,1-3H3. The number of aryl methyl sites for hydroxylation is 1. The van der Waals surface area contributed by atoms with Crippen molar-refractivity contribution in [2.24, 2.45) is 0 Å². The highest BCUT2D eigenvalue weighted by Gasteiger charge is 2.26. The number of hydrogen-bond donors (Lipinski definition) is 1. The number of ether oxygens (including phenoxy) is 1. The van der Waals surface area contributed by atoms with E-state index in [1.54, 1.807) is 13.1 Å². The number of esters is 1. The van der Waals surface area contributed by atoms with E-state index >= 15 is 0 Å². The predicted molar refractivity (Wildman–Crippen MR) is 72.4 cm³/mol. The van der Waals surface area contributed by atoms with Crippen LogP contribution in [0.15, 0.2) is 6.20 Å². The van der Waals surface area contributed by atoms with E-state index in [9.17, 15) is 4.79 Å². The molecule has 1 aliphatic heterocycles. The molecule has 0 unspecified atom stereocenters. The third kappa shape index (κ3) is 2.84. The van der Waals surface area contributed by atoms with Crippen LogP contribution in [0, 0.1) is 6.92 Å². The lowest BCUT2D eigenvalue weighted by molar-refractivity contribution is 0.0524. The van der Waals surface area contributed by atoms with Gasteiger partial charge in [0.25, 0.3) is 0 Å². The molecule has 0 bridgehead atoms. The number of aromatic nitrogens is 2. The molecule has 1 saturated heterocycles. The van der Waals surface area contributed by atoms with E-state index in [0.717, 1.165) is 19.6 Å². The molecule has 0 aromatic carbocycles. The summed E-state index contributed by atoms with van der Waals surface area (Å²) in [6.45, 7) is 8.79. The van der Waals surface area contributed by atoms with Crippen LogP contribution in [0.25, 0.3) is 0 Å². The summed E-state index contributed by atoms with van der Waals surface area (Å²) in [5.74, 6) is 0.319. The van der Waals surface area contributed by atoms with Gasteiger partial charge < -0.3 is 15.0 Å². The molecule has 1 aromatic heterocycles. The number of rotatable bonds is 5. The number of hydrogen-bond acceptors (Lipinski definition) is 6. The molecule has 104 valence electrons. The summed E-state index contributed by atoms with van der Waals surface area (Å²) in [5, 5.41) is 3.24. The quantitative estimate of drug-likeness (QED) is 0.792. The lowest BCUT2D eigenvalue weighted by Gasteiger charge is -2.37. The molecular weight excluding hydrogens is 244 g/mol. The van der Waals surface area contributed by atoms with E-state index in [4.69, 9.17) is 4.74 Å². The summed E-state index contributed by atoms with van der Waals surface area (Å²) in [6, 6.07) is 0.442. The van der Waals surface area contributed by atoms with Gasteiger partial charge in [0.15, 0.2) is 0 Å². The van der Waals surface area contributed by atoms with Crippen LogP contribution >= 0.6 is 0 Å². The molecule has 2 heterocycles. The SMILES string of the molecule is CCOC(=O)c1cnc(N(CC)C2CNC2)nc1C. The average molecular weight is 264 g/mol. The van der Waals surface area contributed by atoms with Crippen LogP contribution in [0.3, 0.4) is 0 Å². The van der Waals surface area contributed by atoms with Gasteiger partial charge in [-0.1, -0.05) is 0 Å². The lowest BCUT2D eigenvalue weighted by Crippen LogP contribution is -2.57. The molecule has 1 aliphatic rings. The largest absolute Gasteiger partial charge is 0.462 e. The fourth-order valence-corrected chi connectivity index (χ4v) is 2.06. The van der Waals surface area contributed by atoms with Crippen LogP contribution in [-0.2, 0) is 4.74 Å². The molecule has 19 heavy (non-hydrogen) atoms. The summed E-state index contributed by atoms with van der Waals surface area (Å²) in [7, 11) is 0. The Morgan fingerprint density at radius 3 is 2.74 bits per heavy atom. The second kappa shape index (κ2) is 5.97. The molecule has 1 aromatic rings. The highest BCUT2D eigenvalue weighted by atomic mass is 16.5. The predicted octanol–water partition coefficient (Wildman–Crippen LogP) is 0.760. The smallest absolute Gasteiger partial charge is 0.341 e. The molecular formula is C13H20N4O2. The fourth-order valence-electron chi connectivity index (χ4n) is 2.06. The zero-order valence-corrected chi connectivity index (χ0v) is 11.6. The lowest BCUT2D eigenvalue weighted by atomic mass is 10.1. The Morgan fingerprint density at radius 1 is 1.53 bits per heavy atom. The number of carbonyl (C=O) groups is 1. The molecule has 0 atom stereocenters. The minimum absolute atomic E-state index is 0.356. The summed E-state index contributed by atoms with van der Waals surface area (Å²) in [5.41, 5.74) is 1.10. The maximum atomic E-state index is 11.7. The molecule has 0 amide bonds. The van der Waals surface area contributed by atoms with Gasteiger partial charge in [-0.2, -0.15) is 0 Å². The van der Waals surface area contributed by atoms with Crippen LogP contribution in [-0.4, -0.2) is 48.2 Å². The molecule has 0 spiro atoms. The minimum atomic E-state index is -0.361. The molecule has 0 radical (unpaired) electrons. The molecule has 1 fully saturated rings. The van der Waals surface area contributed by atoms with E-state index in [0.29, 0.717) is 29.9 Å². The Hall–Kier alpha value is -1.69. The van der Waals surface area contributed by atoms with E-state index in [2.05, 4.69) is 27.1 Å². The first-order valence-electron chi connectivity index (χ1n) is 6.65. The third-order valence-corrected chi connectivity index (χ3v) is 3.26. The van der Waals surface area contributed by atoms with Crippen molar-refractivity contribution in [2.75, 3.05) is 31.1 Å². The van der Waals surface area contributed by atoms with Gasteiger partial charge in [-0.3, -0.25) is 0 Å². The highest BCUT2D eigenvalue weighted by molar-refractivity contribution is 5.90. The van der Waals surface area contributed by atoms with Gasteiger partial charge in [-0.15, -0.1) is 0 Å². The average Bonchev–Trinajstić information content (AvgIpc) is 2.33. The second-order valence-corrected chi connectivity index (χ2v) is 4.49. The Kier molecular flexibility index (Phi) is 4.31. The zero-order chi connectivity index (χ0) is 13.8. The maximum Gasteiger partial charge on any atom is 0.341 e. The van der Waals surface area contributed by atoms with Crippen molar-refractivity contribution in [1.29, 1.82) is 0 Å². The van der Waals surface area contributed by atoms with Crippen molar-refractivity contribution in [3.05, 3.63) is 17.5 Å². The second-order valence-electron chi connectivity index (χ2n) is 4.49. The number of anilines is 1.